The average molecular weight is 1120 g/mol. The van der Waals surface area contributed by atoms with E-state index in [0.717, 1.165) is 32.1 Å². The van der Waals surface area contributed by atoms with Crippen molar-refractivity contribution in [3.8, 4) is 17.2 Å². The molecule has 6 aliphatic carbocycles. The van der Waals surface area contributed by atoms with Crippen LogP contribution in [-0.4, -0.2) is 191 Å². The number of ether oxygens (including phenoxy) is 10. The minimum atomic E-state index is -1.79. The van der Waals surface area contributed by atoms with Gasteiger partial charge in [-0.05, 0) is 115 Å². The van der Waals surface area contributed by atoms with Gasteiger partial charge in [-0.25, -0.2) is 4.79 Å². The van der Waals surface area contributed by atoms with Crippen LogP contribution in [0.3, 0.4) is 0 Å². The summed E-state index contributed by atoms with van der Waals surface area (Å²) >= 11 is 0. The number of hydrogen-bond acceptors (Lipinski definition) is 20. The van der Waals surface area contributed by atoms with Crippen LogP contribution in [-0.2, 0) is 42.7 Å². The van der Waals surface area contributed by atoms with Crippen LogP contribution >= 0.6 is 0 Å². The van der Waals surface area contributed by atoms with Crippen LogP contribution < -0.4 is 14.2 Å². The zero-order valence-corrected chi connectivity index (χ0v) is 46.8. The van der Waals surface area contributed by atoms with Crippen LogP contribution in [0.25, 0.3) is 6.08 Å². The minimum absolute atomic E-state index is 0.130. The van der Waals surface area contributed by atoms with Crippen molar-refractivity contribution >= 4 is 18.0 Å². The lowest BCUT2D eigenvalue weighted by Crippen LogP contribution is -2.66. The highest BCUT2D eigenvalue weighted by Gasteiger charge is 2.79. The van der Waals surface area contributed by atoms with E-state index in [0.29, 0.717) is 42.1 Å². The molecule has 0 bridgehead atoms. The van der Waals surface area contributed by atoms with E-state index in [1.54, 1.807) is 18.2 Å². The second-order valence-corrected chi connectivity index (χ2v) is 26.1. The fourth-order valence-electron chi connectivity index (χ4n) is 17.1. The van der Waals surface area contributed by atoms with E-state index in [2.05, 4.69) is 47.6 Å². The van der Waals surface area contributed by atoms with Crippen LogP contribution in [0.15, 0.2) is 29.9 Å². The highest BCUT2D eigenvalue weighted by atomic mass is 16.8. The number of aliphatic carboxylic acids is 1. The van der Waals surface area contributed by atoms with Crippen molar-refractivity contribution in [2.75, 3.05) is 41.2 Å². The van der Waals surface area contributed by atoms with Gasteiger partial charge in [-0.3, -0.25) is 4.79 Å². The first-order chi connectivity index (χ1) is 37.3. The van der Waals surface area contributed by atoms with Crippen molar-refractivity contribution in [1.29, 1.82) is 0 Å². The SMILES string of the molecule is COc1cc(/C=C/C(=O)O[C@H]2C[C@]3(C(=O)O)C[C@H]4C[C@]45C(=CC[C@@H]4[C@@]6(C)CC[C@H](O[C@@H]7O[C@H](CO)[C@@H](O)[C@H](O)[C@H]7O[C@@H]7OC[C@@H](O[C@@H]8OC[C@@H](O)[C@H](O)[C@H]8O)[C@H](O)[C@H]7O)C(C)(C)[C@@H]6CC[C@]45C)[C@@H]3CC2(C)C)cc(OC)c1OC. The summed E-state index contributed by atoms with van der Waals surface area (Å²) in [5.41, 5.74) is -0.684. The number of carbonyl (C=O) groups excluding carboxylic acids is 1. The smallest absolute Gasteiger partial charge is 0.331 e. The van der Waals surface area contributed by atoms with Gasteiger partial charge in [-0.2, -0.15) is 0 Å². The number of aliphatic hydroxyl groups excluding tert-OH is 8. The molecule has 9 aliphatic rings. The Hall–Kier alpha value is -3.52. The third-order valence-corrected chi connectivity index (χ3v) is 21.4. The summed E-state index contributed by atoms with van der Waals surface area (Å²) < 4.78 is 58.6. The molecular formula is C58H84O21. The van der Waals surface area contributed by atoms with Crippen molar-refractivity contribution < 1.29 is 103 Å². The average Bonchev–Trinajstić information content (AvgIpc) is 3.08. The normalized spacial score (nSPS) is 46.7. The van der Waals surface area contributed by atoms with E-state index in [-0.39, 0.29) is 52.9 Å². The summed E-state index contributed by atoms with van der Waals surface area (Å²) in [6.45, 7) is 12.0. The summed E-state index contributed by atoms with van der Waals surface area (Å²) in [4.78, 5) is 27.5. The van der Waals surface area contributed by atoms with Crippen LogP contribution in [0.4, 0.5) is 0 Å². The quantitative estimate of drug-likeness (QED) is 0.0560. The Morgan fingerprint density at radius 1 is 0.709 bits per heavy atom. The highest BCUT2D eigenvalue weighted by Crippen LogP contribution is 2.85. The molecule has 1 aromatic carbocycles. The van der Waals surface area contributed by atoms with Gasteiger partial charge >= 0.3 is 11.9 Å². The molecule has 79 heavy (non-hydrogen) atoms. The van der Waals surface area contributed by atoms with Crippen molar-refractivity contribution in [3.05, 3.63) is 35.4 Å². The fraction of sp³-hybridized carbons (Fsp3) is 0.793. The van der Waals surface area contributed by atoms with Crippen molar-refractivity contribution in [3.63, 3.8) is 0 Å². The third-order valence-electron chi connectivity index (χ3n) is 21.4. The second kappa shape index (κ2) is 21.3. The molecule has 0 aromatic heterocycles. The fourth-order valence-corrected chi connectivity index (χ4v) is 17.1. The first kappa shape index (κ1) is 58.7. The number of hydrogen-bond donors (Lipinski definition) is 9. The third kappa shape index (κ3) is 9.45. The number of allylic oxidation sites excluding steroid dienone is 2. The molecule has 5 saturated carbocycles. The van der Waals surface area contributed by atoms with E-state index in [4.69, 9.17) is 47.4 Å². The number of esters is 1. The van der Waals surface area contributed by atoms with Gasteiger partial charge in [0, 0.05) is 23.3 Å². The zero-order valence-electron chi connectivity index (χ0n) is 46.8. The van der Waals surface area contributed by atoms with Gasteiger partial charge in [0.25, 0.3) is 0 Å². The maximum absolute atomic E-state index is 13.9. The van der Waals surface area contributed by atoms with Crippen molar-refractivity contribution in [1.82, 2.24) is 0 Å². The topological polar surface area (TPSA) is 309 Å². The maximum atomic E-state index is 13.9. The molecule has 1 aromatic rings. The van der Waals surface area contributed by atoms with Crippen LogP contribution in [0.5, 0.6) is 17.2 Å². The lowest BCUT2D eigenvalue weighted by molar-refractivity contribution is -0.377. The van der Waals surface area contributed by atoms with Gasteiger partial charge in [-0.15, -0.1) is 0 Å². The summed E-state index contributed by atoms with van der Waals surface area (Å²) in [5, 5.41) is 97.1. The number of carboxylic acid groups (broad SMARTS) is 1. The Bertz CT molecular complexity index is 2470. The van der Waals surface area contributed by atoms with Gasteiger partial charge < -0.3 is 93.3 Å². The monoisotopic (exact) mass is 1120 g/mol. The van der Waals surface area contributed by atoms with E-state index in [1.165, 1.54) is 33.0 Å². The summed E-state index contributed by atoms with van der Waals surface area (Å²) in [6, 6.07) is 3.45. The van der Waals surface area contributed by atoms with Gasteiger partial charge in [0.2, 0.25) is 5.75 Å². The molecule has 1 spiro atoms. The second-order valence-electron chi connectivity index (χ2n) is 26.1. The highest BCUT2D eigenvalue weighted by molar-refractivity contribution is 5.87. The molecule has 3 saturated heterocycles. The Labute approximate surface area is 461 Å². The molecule has 3 heterocycles. The van der Waals surface area contributed by atoms with Gasteiger partial charge in [0.15, 0.2) is 30.4 Å². The predicted octanol–water partition coefficient (Wildman–Crippen LogP) is 2.86. The molecule has 3 aliphatic heterocycles. The molecule has 0 radical (unpaired) electrons. The first-order valence-corrected chi connectivity index (χ1v) is 28.1. The number of rotatable bonds is 14. The van der Waals surface area contributed by atoms with Crippen LogP contribution in [0.1, 0.15) is 105 Å². The molecule has 21 nitrogen and oxygen atoms in total. The number of methoxy groups -OCH3 is 3. The largest absolute Gasteiger partial charge is 0.493 e. The standard InChI is InChI=1S/C58H84O21/c1-53(2)22-30-29-11-12-37-55(5)16-15-38(78-51-48(44(65)42(63)34(24-59)75-51)79-50-46(67)43(64)35(26-74-50)76-49-45(66)41(62)31(60)25-73-49)54(3,4)36(55)14-17-56(37,6)58(29)21-28(58)20-57(30,52(68)69)23-39(53)77-40(61)13-10-27-18-32(70-7)47(72-9)33(19-27)71-8/h10-11,13,18-19,28,30-31,34-39,41-46,48-51,59-60,62-67H,12,14-17,20-26H2,1-9H3,(H,68,69)/b13-10+/t28-,30-,31+,34+,35+,36-,37+,38-,39-,41-,42+,43-,44-,45+,46+,48+,49-,50-,51-,55-,56+,57+,58+/m0/s1. The van der Waals surface area contributed by atoms with E-state index >= 15 is 0 Å². The molecule has 21 heteroatoms. The number of fused-ring (bicyclic) bond motifs is 5. The van der Waals surface area contributed by atoms with E-state index in [9.17, 15) is 55.5 Å². The zero-order chi connectivity index (χ0) is 57.1. The molecule has 23 atom stereocenters. The van der Waals surface area contributed by atoms with Gasteiger partial charge in [0.05, 0.1) is 52.7 Å². The number of aliphatic hydroxyl groups is 8. The maximum Gasteiger partial charge on any atom is 0.331 e. The number of benzene rings is 1. The van der Waals surface area contributed by atoms with E-state index in [1.807, 2.05) is 0 Å². The van der Waals surface area contributed by atoms with Crippen LogP contribution in [0, 0.1) is 56.2 Å². The summed E-state index contributed by atoms with van der Waals surface area (Å²) in [5.74, 6) is 0.217. The Kier molecular flexibility index (Phi) is 15.8. The number of carbonyl (C=O) groups is 2. The van der Waals surface area contributed by atoms with Gasteiger partial charge in [-0.1, -0.05) is 53.2 Å². The molecule has 8 fully saturated rings. The first-order valence-electron chi connectivity index (χ1n) is 28.1. The molecular weight excluding hydrogens is 1030 g/mol. The Balaban J connectivity index is 0.840. The number of carboxylic acids is 1. The molecule has 9 N–H and O–H groups in total. The molecule has 442 valence electrons. The molecule has 0 amide bonds. The Morgan fingerprint density at radius 3 is 2.04 bits per heavy atom. The lowest BCUT2D eigenvalue weighted by Gasteiger charge is -2.69. The van der Waals surface area contributed by atoms with Crippen molar-refractivity contribution in [2.24, 2.45) is 56.2 Å². The summed E-state index contributed by atoms with van der Waals surface area (Å²) in [7, 11) is 4.55. The Morgan fingerprint density at radius 2 is 1.38 bits per heavy atom. The van der Waals surface area contributed by atoms with Crippen LogP contribution in [0.2, 0.25) is 0 Å². The molecule has 0 unspecified atom stereocenters. The molecule has 10 rings (SSSR count). The summed E-state index contributed by atoms with van der Waals surface area (Å²) in [6.07, 6.45) is -9.35. The van der Waals surface area contributed by atoms with Crippen molar-refractivity contribution in [2.45, 2.75) is 191 Å². The lowest BCUT2D eigenvalue weighted by atomic mass is 9.36. The van der Waals surface area contributed by atoms with Gasteiger partial charge in [0.1, 0.15) is 67.1 Å². The minimum Gasteiger partial charge on any atom is -0.493 e. The predicted molar refractivity (Wildman–Crippen MR) is 277 cm³/mol. The van der Waals surface area contributed by atoms with E-state index < -0.39 is 134 Å².